The largest absolute Gasteiger partial charge is 0.390 e. The summed E-state index contributed by atoms with van der Waals surface area (Å²) in [6.07, 6.45) is 4.16. The molecule has 0 saturated carbocycles. The molecule has 0 amide bonds. The van der Waals surface area contributed by atoms with Crippen molar-refractivity contribution in [3.05, 3.63) is 24.0 Å². The summed E-state index contributed by atoms with van der Waals surface area (Å²) >= 11 is 0. The van der Waals surface area contributed by atoms with Gasteiger partial charge >= 0.3 is 0 Å². The van der Waals surface area contributed by atoms with Crippen molar-refractivity contribution in [2.24, 2.45) is 0 Å². The third-order valence-electron chi connectivity index (χ3n) is 2.08. The van der Waals surface area contributed by atoms with Crippen molar-refractivity contribution in [1.29, 1.82) is 0 Å². The van der Waals surface area contributed by atoms with Crippen molar-refractivity contribution in [1.82, 2.24) is 4.57 Å². The van der Waals surface area contributed by atoms with Crippen molar-refractivity contribution >= 4 is 0 Å². The maximum absolute atomic E-state index is 8.96. The monoisotopic (exact) mass is 183 g/mol. The van der Waals surface area contributed by atoms with E-state index < -0.39 is 0 Å². The first kappa shape index (κ1) is 10.3. The second-order valence-corrected chi connectivity index (χ2v) is 3.05. The van der Waals surface area contributed by atoms with Gasteiger partial charge in [-0.2, -0.15) is 0 Å². The average molecular weight is 183 g/mol. The van der Waals surface area contributed by atoms with E-state index in [0.717, 1.165) is 31.7 Å². The molecule has 1 heterocycles. The number of aryl methyl sites for hydroxylation is 1. The Hall–Kier alpha value is -0.800. The molecule has 3 nitrogen and oxygen atoms in total. The minimum Gasteiger partial charge on any atom is -0.390 e. The molecule has 1 aromatic rings. The van der Waals surface area contributed by atoms with Crippen LogP contribution in [0.1, 0.15) is 18.5 Å². The summed E-state index contributed by atoms with van der Waals surface area (Å²) in [5.41, 5.74) is 0.984. The number of nitrogens with zero attached hydrogens (tertiary/aromatic N) is 1. The lowest BCUT2D eigenvalue weighted by molar-refractivity contribution is 0.191. The molecule has 0 radical (unpaired) electrons. The van der Waals surface area contributed by atoms with Crippen LogP contribution in [-0.4, -0.2) is 23.4 Å². The number of methoxy groups -OCH3 is 1. The number of ether oxygens (including phenoxy) is 1. The van der Waals surface area contributed by atoms with Gasteiger partial charge in [0.1, 0.15) is 0 Å². The molecule has 0 saturated heterocycles. The van der Waals surface area contributed by atoms with E-state index in [2.05, 4.69) is 4.57 Å². The van der Waals surface area contributed by atoms with Gasteiger partial charge in [0.25, 0.3) is 0 Å². The lowest BCUT2D eigenvalue weighted by Gasteiger charge is -2.06. The Kier molecular flexibility index (Phi) is 4.57. The van der Waals surface area contributed by atoms with Crippen LogP contribution >= 0.6 is 0 Å². The molecule has 13 heavy (non-hydrogen) atoms. The Labute approximate surface area is 78.9 Å². The minimum atomic E-state index is 0.122. The highest BCUT2D eigenvalue weighted by Gasteiger charge is 1.97. The summed E-state index contributed by atoms with van der Waals surface area (Å²) < 4.78 is 7.04. The highest BCUT2D eigenvalue weighted by molar-refractivity contribution is 5.05. The molecule has 0 spiro atoms. The van der Waals surface area contributed by atoms with Gasteiger partial charge in [-0.05, 0) is 25.0 Å². The van der Waals surface area contributed by atoms with E-state index in [-0.39, 0.29) is 6.61 Å². The third kappa shape index (κ3) is 3.20. The van der Waals surface area contributed by atoms with Gasteiger partial charge in [-0.1, -0.05) is 0 Å². The first-order valence-corrected chi connectivity index (χ1v) is 4.62. The summed E-state index contributed by atoms with van der Waals surface area (Å²) in [6, 6.07) is 3.90. The highest BCUT2D eigenvalue weighted by Crippen LogP contribution is 2.04. The Morgan fingerprint density at radius 3 is 3.00 bits per heavy atom. The van der Waals surface area contributed by atoms with Gasteiger partial charge in [0.2, 0.25) is 0 Å². The predicted molar refractivity (Wildman–Crippen MR) is 51.5 cm³/mol. The van der Waals surface area contributed by atoms with Gasteiger partial charge in [0.15, 0.2) is 0 Å². The lowest BCUT2D eigenvalue weighted by atomic mass is 10.3. The summed E-state index contributed by atoms with van der Waals surface area (Å²) in [7, 11) is 1.72. The molecule has 0 bridgehead atoms. The Balaban J connectivity index is 2.27. The van der Waals surface area contributed by atoms with Gasteiger partial charge in [-0.3, -0.25) is 0 Å². The predicted octanol–water partition coefficient (Wildman–Crippen LogP) is 1.41. The van der Waals surface area contributed by atoms with Gasteiger partial charge in [0.05, 0.1) is 6.61 Å². The van der Waals surface area contributed by atoms with Gasteiger partial charge in [0, 0.05) is 32.2 Å². The molecule has 1 rings (SSSR count). The van der Waals surface area contributed by atoms with Crippen molar-refractivity contribution in [2.75, 3.05) is 13.7 Å². The minimum absolute atomic E-state index is 0.122. The first-order chi connectivity index (χ1) is 6.38. The second kappa shape index (κ2) is 5.78. The zero-order valence-electron chi connectivity index (χ0n) is 8.07. The number of unbranched alkanes of at least 4 members (excludes halogenated alkanes) is 1. The smallest absolute Gasteiger partial charge is 0.0832 e. The fourth-order valence-electron chi connectivity index (χ4n) is 1.34. The normalized spacial score (nSPS) is 10.6. The van der Waals surface area contributed by atoms with Crippen molar-refractivity contribution in [3.8, 4) is 0 Å². The van der Waals surface area contributed by atoms with Crippen LogP contribution in [0, 0.1) is 0 Å². The van der Waals surface area contributed by atoms with Gasteiger partial charge in [-0.25, -0.2) is 0 Å². The van der Waals surface area contributed by atoms with Crippen LogP contribution < -0.4 is 0 Å². The van der Waals surface area contributed by atoms with Crippen molar-refractivity contribution in [2.45, 2.75) is 26.0 Å². The number of hydrogen-bond donors (Lipinski definition) is 1. The Morgan fingerprint density at radius 1 is 1.46 bits per heavy atom. The van der Waals surface area contributed by atoms with E-state index in [4.69, 9.17) is 9.84 Å². The number of aliphatic hydroxyl groups excluding tert-OH is 1. The number of aromatic nitrogens is 1. The molecule has 0 aliphatic heterocycles. The van der Waals surface area contributed by atoms with Crippen LogP contribution in [0.25, 0.3) is 0 Å². The van der Waals surface area contributed by atoms with Crippen molar-refractivity contribution < 1.29 is 9.84 Å². The van der Waals surface area contributed by atoms with E-state index in [1.807, 2.05) is 18.3 Å². The van der Waals surface area contributed by atoms with E-state index in [1.54, 1.807) is 7.11 Å². The summed E-state index contributed by atoms with van der Waals surface area (Å²) in [4.78, 5) is 0. The zero-order valence-corrected chi connectivity index (χ0v) is 8.07. The fourth-order valence-corrected chi connectivity index (χ4v) is 1.34. The van der Waals surface area contributed by atoms with Crippen LogP contribution in [-0.2, 0) is 17.9 Å². The highest BCUT2D eigenvalue weighted by atomic mass is 16.5. The molecule has 1 aromatic heterocycles. The molecular formula is C10H17NO2. The lowest BCUT2D eigenvalue weighted by Crippen LogP contribution is -2.02. The van der Waals surface area contributed by atoms with Crippen molar-refractivity contribution in [3.63, 3.8) is 0 Å². The molecule has 1 N–H and O–H groups in total. The summed E-state index contributed by atoms with van der Waals surface area (Å²) in [5.74, 6) is 0. The Bertz CT molecular complexity index is 233. The van der Waals surface area contributed by atoms with Crippen LogP contribution in [0.2, 0.25) is 0 Å². The zero-order chi connectivity index (χ0) is 9.52. The van der Waals surface area contributed by atoms with E-state index in [0.29, 0.717) is 0 Å². The molecule has 0 atom stereocenters. The number of rotatable bonds is 6. The van der Waals surface area contributed by atoms with Gasteiger partial charge < -0.3 is 14.4 Å². The Morgan fingerprint density at radius 2 is 2.31 bits per heavy atom. The first-order valence-electron chi connectivity index (χ1n) is 4.62. The van der Waals surface area contributed by atoms with Crippen LogP contribution in [0.15, 0.2) is 18.3 Å². The maximum atomic E-state index is 8.96. The SMILES string of the molecule is COCCCCn1cccc1CO. The third-order valence-corrected chi connectivity index (χ3v) is 2.08. The van der Waals surface area contributed by atoms with Crippen LogP contribution in [0.5, 0.6) is 0 Å². The summed E-state index contributed by atoms with van der Waals surface area (Å²) in [6.45, 7) is 1.90. The molecule has 0 aliphatic rings. The quantitative estimate of drug-likeness (QED) is 0.677. The molecule has 0 fully saturated rings. The van der Waals surface area contributed by atoms with E-state index in [9.17, 15) is 0 Å². The molecule has 0 unspecified atom stereocenters. The average Bonchev–Trinajstić information content (AvgIpc) is 2.60. The number of hydrogen-bond acceptors (Lipinski definition) is 2. The van der Waals surface area contributed by atoms with Crippen LogP contribution in [0.3, 0.4) is 0 Å². The van der Waals surface area contributed by atoms with Gasteiger partial charge in [-0.15, -0.1) is 0 Å². The second-order valence-electron chi connectivity index (χ2n) is 3.05. The molecule has 3 heteroatoms. The topological polar surface area (TPSA) is 34.4 Å². The maximum Gasteiger partial charge on any atom is 0.0832 e. The molecular weight excluding hydrogens is 166 g/mol. The standard InChI is InChI=1S/C10H17NO2/c1-13-8-3-2-6-11-7-4-5-10(11)9-12/h4-5,7,12H,2-3,6,8-9H2,1H3. The molecule has 0 aliphatic carbocycles. The van der Waals surface area contributed by atoms with Crippen LogP contribution in [0.4, 0.5) is 0 Å². The van der Waals surface area contributed by atoms with E-state index in [1.165, 1.54) is 0 Å². The molecule has 0 aromatic carbocycles. The summed E-state index contributed by atoms with van der Waals surface area (Å²) in [5, 5.41) is 8.96. The van der Waals surface area contributed by atoms with E-state index >= 15 is 0 Å². The number of aliphatic hydroxyl groups is 1. The fraction of sp³-hybridized carbons (Fsp3) is 0.600. The molecule has 74 valence electrons.